The molecule has 1 aliphatic heterocycles. The molecule has 3 amide bonds. The number of rotatable bonds is 5. The van der Waals surface area contributed by atoms with Gasteiger partial charge < -0.3 is 15.5 Å². The van der Waals surface area contributed by atoms with Crippen LogP contribution in [0.15, 0.2) is 30.6 Å². The molecule has 162 valence electrons. The van der Waals surface area contributed by atoms with Gasteiger partial charge in [0.2, 0.25) is 0 Å². The van der Waals surface area contributed by atoms with E-state index in [0.29, 0.717) is 29.6 Å². The van der Waals surface area contributed by atoms with Crippen molar-refractivity contribution in [2.24, 2.45) is 0 Å². The van der Waals surface area contributed by atoms with Crippen molar-refractivity contribution in [2.45, 2.75) is 19.4 Å². The van der Waals surface area contributed by atoms with E-state index in [1.165, 1.54) is 12.3 Å². The average Bonchev–Trinajstić information content (AvgIpc) is 3.35. The second-order valence-electron chi connectivity index (χ2n) is 6.99. The normalized spacial score (nSPS) is 15.8. The lowest BCUT2D eigenvalue weighted by molar-refractivity contribution is 0.0935. The first-order chi connectivity index (χ1) is 14.9. The van der Waals surface area contributed by atoms with Crippen LogP contribution in [0, 0.1) is 0 Å². The highest BCUT2D eigenvalue weighted by Crippen LogP contribution is 2.22. The van der Waals surface area contributed by atoms with Gasteiger partial charge in [0.25, 0.3) is 5.91 Å². The third-order valence-electron chi connectivity index (χ3n) is 4.77. The molecule has 1 aliphatic rings. The van der Waals surface area contributed by atoms with E-state index in [-0.39, 0.29) is 28.7 Å². The number of carbonyl (C=O) groups excluding carboxylic acids is 2. The maximum atomic E-state index is 12.5. The van der Waals surface area contributed by atoms with Crippen molar-refractivity contribution in [3.05, 3.63) is 46.3 Å². The number of anilines is 2. The second kappa shape index (κ2) is 8.94. The van der Waals surface area contributed by atoms with Gasteiger partial charge in [0, 0.05) is 31.9 Å². The summed E-state index contributed by atoms with van der Waals surface area (Å²) in [5.74, 6) is 0.861. The smallest absolute Gasteiger partial charge is 0.320 e. The Morgan fingerprint density at radius 2 is 2.10 bits per heavy atom. The number of nitrogens with one attached hydrogen (secondary N) is 3. The lowest BCUT2D eigenvalue weighted by Crippen LogP contribution is -2.37. The van der Waals surface area contributed by atoms with E-state index in [1.54, 1.807) is 10.7 Å². The maximum Gasteiger partial charge on any atom is 0.320 e. The average molecular weight is 463 g/mol. The standard InChI is InChI=1S/C19H20Cl2N8O2/c1-2-22-19(31)26-15-10-29-16(25-15)3-4-17(27-29)28-6-5-11(9-28)24-18(30)14-7-12(20)13(21)8-23-14/h3-4,7-8,10-11H,2,5-6,9H2,1H3,(H,24,30)(H2,22,26,31)/t11-/m0/s1. The molecule has 0 saturated carbocycles. The molecular weight excluding hydrogens is 443 g/mol. The summed E-state index contributed by atoms with van der Waals surface area (Å²) in [4.78, 5) is 34.6. The van der Waals surface area contributed by atoms with Crippen LogP contribution < -0.4 is 20.9 Å². The fraction of sp³-hybridized carbons (Fsp3) is 0.316. The molecule has 0 unspecified atom stereocenters. The molecule has 0 aromatic carbocycles. The van der Waals surface area contributed by atoms with Gasteiger partial charge in [-0.15, -0.1) is 5.10 Å². The van der Waals surface area contributed by atoms with E-state index >= 15 is 0 Å². The monoisotopic (exact) mass is 462 g/mol. The van der Waals surface area contributed by atoms with Crippen molar-refractivity contribution in [2.75, 3.05) is 29.9 Å². The van der Waals surface area contributed by atoms with E-state index in [4.69, 9.17) is 23.2 Å². The summed E-state index contributed by atoms with van der Waals surface area (Å²) in [6.07, 6.45) is 3.78. The van der Waals surface area contributed by atoms with Crippen molar-refractivity contribution in [1.82, 2.24) is 30.2 Å². The predicted molar refractivity (Wildman–Crippen MR) is 118 cm³/mol. The molecule has 1 atom stereocenters. The number of aromatic nitrogens is 4. The Labute approximate surface area is 187 Å². The molecule has 1 saturated heterocycles. The molecule has 12 heteroatoms. The summed E-state index contributed by atoms with van der Waals surface area (Å²) in [5, 5.41) is 13.5. The number of hydrogen-bond donors (Lipinski definition) is 3. The van der Waals surface area contributed by atoms with Crippen LogP contribution in [0.2, 0.25) is 10.0 Å². The minimum atomic E-state index is -0.319. The predicted octanol–water partition coefficient (Wildman–Crippen LogP) is 2.58. The first-order valence-electron chi connectivity index (χ1n) is 9.71. The minimum Gasteiger partial charge on any atom is -0.353 e. The Hall–Kier alpha value is -3.11. The molecule has 4 rings (SSSR count). The topological polar surface area (TPSA) is 117 Å². The van der Waals surface area contributed by atoms with Gasteiger partial charge in [-0.2, -0.15) is 0 Å². The van der Waals surface area contributed by atoms with Crippen LogP contribution in [0.1, 0.15) is 23.8 Å². The third kappa shape index (κ3) is 4.80. The lowest BCUT2D eigenvalue weighted by Gasteiger charge is -2.17. The Morgan fingerprint density at radius 3 is 2.87 bits per heavy atom. The van der Waals surface area contributed by atoms with Crippen LogP contribution >= 0.6 is 23.2 Å². The number of carbonyl (C=O) groups is 2. The Bertz CT molecular complexity index is 1140. The number of nitrogens with zero attached hydrogens (tertiary/aromatic N) is 5. The minimum absolute atomic E-state index is 0.0565. The molecule has 4 heterocycles. The number of amides is 3. The van der Waals surface area contributed by atoms with Gasteiger partial charge in [0.1, 0.15) is 11.5 Å². The maximum absolute atomic E-state index is 12.5. The molecule has 0 radical (unpaired) electrons. The second-order valence-corrected chi connectivity index (χ2v) is 7.81. The zero-order valence-corrected chi connectivity index (χ0v) is 18.1. The van der Waals surface area contributed by atoms with Crippen LogP contribution in [0.4, 0.5) is 16.4 Å². The summed E-state index contributed by atoms with van der Waals surface area (Å²) >= 11 is 11.8. The number of pyridine rings is 1. The number of hydrogen-bond acceptors (Lipinski definition) is 6. The van der Waals surface area contributed by atoms with Crippen LogP contribution in [-0.2, 0) is 0 Å². The molecular formula is C19H20Cl2N8O2. The highest BCUT2D eigenvalue weighted by molar-refractivity contribution is 6.42. The first-order valence-corrected chi connectivity index (χ1v) is 10.5. The molecule has 3 aromatic heterocycles. The Kier molecular flexibility index (Phi) is 6.10. The van der Waals surface area contributed by atoms with E-state index in [1.807, 2.05) is 19.1 Å². The van der Waals surface area contributed by atoms with Crippen LogP contribution in [0.25, 0.3) is 5.65 Å². The molecule has 1 fully saturated rings. The van der Waals surface area contributed by atoms with Crippen molar-refractivity contribution < 1.29 is 9.59 Å². The highest BCUT2D eigenvalue weighted by atomic mass is 35.5. The van der Waals surface area contributed by atoms with Crippen LogP contribution in [0.5, 0.6) is 0 Å². The number of halogens is 2. The Morgan fingerprint density at radius 1 is 1.26 bits per heavy atom. The van der Waals surface area contributed by atoms with Crippen LogP contribution in [-0.4, -0.2) is 57.2 Å². The van der Waals surface area contributed by atoms with Gasteiger partial charge in [-0.1, -0.05) is 23.2 Å². The van der Waals surface area contributed by atoms with Gasteiger partial charge in [-0.25, -0.2) is 19.3 Å². The Balaban J connectivity index is 1.40. The molecule has 3 aromatic rings. The van der Waals surface area contributed by atoms with Crippen LogP contribution in [0.3, 0.4) is 0 Å². The molecule has 3 N–H and O–H groups in total. The number of imidazole rings is 1. The van der Waals surface area contributed by atoms with E-state index in [0.717, 1.165) is 18.8 Å². The number of urea groups is 1. The fourth-order valence-corrected chi connectivity index (χ4v) is 3.56. The van der Waals surface area contributed by atoms with Gasteiger partial charge in [0.15, 0.2) is 11.5 Å². The lowest BCUT2D eigenvalue weighted by atomic mass is 10.2. The van der Waals surface area contributed by atoms with E-state index in [9.17, 15) is 9.59 Å². The van der Waals surface area contributed by atoms with Gasteiger partial charge in [-0.05, 0) is 31.5 Å². The van der Waals surface area contributed by atoms with Gasteiger partial charge in [-0.3, -0.25) is 10.1 Å². The van der Waals surface area contributed by atoms with Crippen molar-refractivity contribution >= 4 is 52.4 Å². The summed E-state index contributed by atoms with van der Waals surface area (Å²) in [5.41, 5.74) is 0.836. The summed E-state index contributed by atoms with van der Waals surface area (Å²) in [6, 6.07) is 4.77. The van der Waals surface area contributed by atoms with Gasteiger partial charge >= 0.3 is 6.03 Å². The summed E-state index contributed by atoms with van der Waals surface area (Å²) in [7, 11) is 0. The molecule has 0 aliphatic carbocycles. The largest absolute Gasteiger partial charge is 0.353 e. The SMILES string of the molecule is CCNC(=O)Nc1cn2nc(N3CC[C@H](NC(=O)c4cc(Cl)c(Cl)cn4)C3)ccc2n1. The zero-order chi connectivity index (χ0) is 22.0. The number of fused-ring (bicyclic) bond motifs is 1. The molecule has 0 spiro atoms. The summed E-state index contributed by atoms with van der Waals surface area (Å²) in [6.45, 7) is 3.70. The molecule has 0 bridgehead atoms. The first kappa shape index (κ1) is 21.1. The zero-order valence-electron chi connectivity index (χ0n) is 16.6. The molecule has 10 nitrogen and oxygen atoms in total. The highest BCUT2D eigenvalue weighted by Gasteiger charge is 2.26. The molecule has 31 heavy (non-hydrogen) atoms. The van der Waals surface area contributed by atoms with Crippen molar-refractivity contribution in [3.63, 3.8) is 0 Å². The van der Waals surface area contributed by atoms with Gasteiger partial charge in [0.05, 0.1) is 16.2 Å². The third-order valence-corrected chi connectivity index (χ3v) is 5.48. The van der Waals surface area contributed by atoms with Crippen molar-refractivity contribution in [3.8, 4) is 0 Å². The van der Waals surface area contributed by atoms with Crippen molar-refractivity contribution in [1.29, 1.82) is 0 Å². The van der Waals surface area contributed by atoms with E-state index in [2.05, 4.69) is 35.9 Å². The summed E-state index contributed by atoms with van der Waals surface area (Å²) < 4.78 is 1.61. The fourth-order valence-electron chi connectivity index (χ4n) is 3.31. The van der Waals surface area contributed by atoms with E-state index < -0.39 is 0 Å². The quantitative estimate of drug-likeness (QED) is 0.536.